The number of hydrogen-bond donors (Lipinski definition) is 3. The van der Waals surface area contributed by atoms with Gasteiger partial charge in [0.1, 0.15) is 18.0 Å². The minimum Gasteiger partial charge on any atom is -0.480 e. The van der Waals surface area contributed by atoms with E-state index in [4.69, 9.17) is 14.5 Å². The number of benzene rings is 1. The van der Waals surface area contributed by atoms with Crippen LogP contribution in [0, 0.1) is 5.92 Å². The predicted molar refractivity (Wildman–Crippen MR) is 132 cm³/mol. The number of carboxylic acid groups (broad SMARTS) is 1. The van der Waals surface area contributed by atoms with Gasteiger partial charge in [-0.3, -0.25) is 0 Å². The van der Waals surface area contributed by atoms with Crippen LogP contribution < -0.4 is 10.6 Å². The number of amides is 1. The van der Waals surface area contributed by atoms with E-state index >= 15 is 0 Å². The first-order chi connectivity index (χ1) is 17.0. The molecule has 2 aromatic rings. The number of aryl methyl sites for hydroxylation is 2. The van der Waals surface area contributed by atoms with Crippen molar-refractivity contribution in [3.63, 3.8) is 0 Å². The summed E-state index contributed by atoms with van der Waals surface area (Å²) in [5.41, 5.74) is 3.29. The van der Waals surface area contributed by atoms with Crippen LogP contribution in [0.25, 0.3) is 0 Å². The van der Waals surface area contributed by atoms with Gasteiger partial charge in [-0.15, -0.1) is 0 Å². The zero-order chi connectivity index (χ0) is 24.6. The van der Waals surface area contributed by atoms with Crippen LogP contribution in [0.1, 0.15) is 62.0 Å². The van der Waals surface area contributed by atoms with Gasteiger partial charge in [-0.05, 0) is 68.6 Å². The van der Waals surface area contributed by atoms with Crippen molar-refractivity contribution in [1.29, 1.82) is 0 Å². The lowest BCUT2D eigenvalue weighted by atomic mass is 9.79. The van der Waals surface area contributed by atoms with Gasteiger partial charge in [-0.25, -0.2) is 14.6 Å². The molecule has 1 amide bonds. The molecule has 1 aliphatic carbocycles. The van der Waals surface area contributed by atoms with Gasteiger partial charge >= 0.3 is 12.1 Å². The maximum atomic E-state index is 12.2. The molecular weight excluding hydrogens is 446 g/mol. The van der Waals surface area contributed by atoms with E-state index in [2.05, 4.69) is 22.8 Å². The molecule has 1 saturated carbocycles. The Labute approximate surface area is 206 Å². The normalized spacial score (nSPS) is 20.5. The predicted octanol–water partition coefficient (Wildman–Crippen LogP) is 4.50. The van der Waals surface area contributed by atoms with Gasteiger partial charge in [0.25, 0.3) is 0 Å². The maximum Gasteiger partial charge on any atom is 0.408 e. The Morgan fingerprint density at radius 1 is 1.20 bits per heavy atom. The Kier molecular flexibility index (Phi) is 8.58. The van der Waals surface area contributed by atoms with Crippen LogP contribution in [0.4, 0.5) is 10.6 Å². The summed E-state index contributed by atoms with van der Waals surface area (Å²) in [6.45, 7) is 3.03. The number of carbonyl (C=O) groups is 2. The van der Waals surface area contributed by atoms with Gasteiger partial charge in [0.05, 0.1) is 6.10 Å². The number of alkyl carbamates (subject to hydrolysis) is 1. The summed E-state index contributed by atoms with van der Waals surface area (Å²) < 4.78 is 11.2. The third-order valence-electron chi connectivity index (χ3n) is 6.86. The molecule has 0 bridgehead atoms. The summed E-state index contributed by atoms with van der Waals surface area (Å²) in [6.07, 6.45) is 5.38. The lowest BCUT2D eigenvalue weighted by Crippen LogP contribution is -2.42. The second-order valence-electron chi connectivity index (χ2n) is 9.49. The van der Waals surface area contributed by atoms with Gasteiger partial charge in [0, 0.05) is 25.3 Å². The van der Waals surface area contributed by atoms with E-state index in [1.165, 1.54) is 5.56 Å². The Morgan fingerprint density at radius 2 is 2.00 bits per heavy atom. The number of hydrogen-bond acceptors (Lipinski definition) is 6. The van der Waals surface area contributed by atoms with E-state index in [1.54, 1.807) is 6.92 Å². The van der Waals surface area contributed by atoms with Crippen LogP contribution >= 0.6 is 0 Å². The van der Waals surface area contributed by atoms with E-state index in [-0.39, 0.29) is 19.1 Å². The second-order valence-corrected chi connectivity index (χ2v) is 9.49. The van der Waals surface area contributed by atoms with Crippen LogP contribution in [0.5, 0.6) is 0 Å². The molecule has 2 heterocycles. The highest BCUT2D eigenvalue weighted by Crippen LogP contribution is 2.34. The Morgan fingerprint density at radius 3 is 2.77 bits per heavy atom. The topological polar surface area (TPSA) is 110 Å². The molecule has 1 aromatic heterocycles. The average Bonchev–Trinajstić information content (AvgIpc) is 2.84. The standard InChI is InChI=1S/C27H35N3O5/c1-18(20-6-3-2-4-7-20)35-27(33)30-24(26(31)32)13-15-34-23-16-19(17-23)9-11-22-12-10-21-8-5-14-28-25(21)29-22/h2-4,6-7,10,12,18-19,23-24H,5,8-9,11,13-17H2,1H3,(H,28,29)(H,30,33)(H,31,32)/t18?,19?,23?,24-/m0/s1. The van der Waals surface area contributed by atoms with Crippen molar-refractivity contribution < 1.29 is 24.2 Å². The van der Waals surface area contributed by atoms with Crippen LogP contribution in [-0.4, -0.2) is 47.5 Å². The fourth-order valence-electron chi connectivity index (χ4n) is 4.65. The number of nitrogens with one attached hydrogen (secondary N) is 2. The molecule has 8 nitrogen and oxygen atoms in total. The van der Waals surface area contributed by atoms with Gasteiger partial charge in [0.15, 0.2) is 0 Å². The van der Waals surface area contributed by atoms with Crippen LogP contribution in [-0.2, 0) is 27.1 Å². The molecule has 35 heavy (non-hydrogen) atoms. The number of pyridine rings is 1. The maximum absolute atomic E-state index is 12.2. The van der Waals surface area contributed by atoms with Gasteiger partial charge in [0.2, 0.25) is 0 Å². The molecule has 2 aliphatic rings. The third kappa shape index (κ3) is 7.18. The smallest absolute Gasteiger partial charge is 0.408 e. The molecule has 0 radical (unpaired) electrons. The highest BCUT2D eigenvalue weighted by molar-refractivity contribution is 5.79. The fraction of sp³-hybridized carbons (Fsp3) is 0.519. The lowest BCUT2D eigenvalue weighted by Gasteiger charge is -2.35. The molecule has 1 unspecified atom stereocenters. The van der Waals surface area contributed by atoms with Crippen molar-refractivity contribution in [1.82, 2.24) is 10.3 Å². The van der Waals surface area contributed by atoms with Crippen molar-refractivity contribution in [3.8, 4) is 0 Å². The molecule has 1 fully saturated rings. The number of aliphatic carboxylic acids is 1. The molecule has 3 N–H and O–H groups in total. The Bertz CT molecular complexity index is 994. The first-order valence-corrected chi connectivity index (χ1v) is 12.6. The first kappa shape index (κ1) is 25.0. The molecule has 2 atom stereocenters. The molecular formula is C27H35N3O5. The number of nitrogens with zero attached hydrogens (tertiary/aromatic N) is 1. The second kappa shape index (κ2) is 12.0. The molecule has 8 heteroatoms. The summed E-state index contributed by atoms with van der Waals surface area (Å²) in [7, 11) is 0. The summed E-state index contributed by atoms with van der Waals surface area (Å²) in [6, 6.07) is 12.6. The molecule has 1 aliphatic heterocycles. The number of carbonyl (C=O) groups excluding carboxylic acids is 1. The number of ether oxygens (including phenoxy) is 2. The minimum absolute atomic E-state index is 0.151. The third-order valence-corrected chi connectivity index (χ3v) is 6.86. The van der Waals surface area contributed by atoms with Crippen molar-refractivity contribution in [2.24, 2.45) is 5.92 Å². The highest BCUT2D eigenvalue weighted by atomic mass is 16.6. The van der Waals surface area contributed by atoms with E-state index in [1.807, 2.05) is 30.3 Å². The molecule has 0 saturated heterocycles. The molecule has 1 aromatic carbocycles. The van der Waals surface area contributed by atoms with E-state index < -0.39 is 24.2 Å². The molecule has 4 rings (SSSR count). The van der Waals surface area contributed by atoms with Gasteiger partial charge in [-0.1, -0.05) is 36.4 Å². The SMILES string of the molecule is CC(OC(=O)N[C@@H](CCOC1CC(CCc2ccc3c(n2)NCCC3)C1)C(=O)O)c1ccccc1. The van der Waals surface area contributed by atoms with Crippen molar-refractivity contribution in [2.75, 3.05) is 18.5 Å². The van der Waals surface area contributed by atoms with E-state index in [0.29, 0.717) is 5.92 Å². The van der Waals surface area contributed by atoms with Crippen LogP contribution in [0.2, 0.25) is 0 Å². The Balaban J connectivity index is 1.12. The van der Waals surface area contributed by atoms with Crippen molar-refractivity contribution in [3.05, 3.63) is 59.3 Å². The minimum atomic E-state index is -1.10. The average molecular weight is 482 g/mol. The van der Waals surface area contributed by atoms with Crippen LogP contribution in [0.3, 0.4) is 0 Å². The Hall–Kier alpha value is -3.13. The fourth-order valence-corrected chi connectivity index (χ4v) is 4.65. The lowest BCUT2D eigenvalue weighted by molar-refractivity contribution is -0.140. The molecule has 188 valence electrons. The number of aromatic nitrogens is 1. The summed E-state index contributed by atoms with van der Waals surface area (Å²) in [4.78, 5) is 28.5. The first-order valence-electron chi connectivity index (χ1n) is 12.6. The van der Waals surface area contributed by atoms with E-state index in [9.17, 15) is 14.7 Å². The number of carboxylic acids is 1. The zero-order valence-corrected chi connectivity index (χ0v) is 20.2. The van der Waals surface area contributed by atoms with Gasteiger partial charge in [-0.2, -0.15) is 0 Å². The monoisotopic (exact) mass is 481 g/mol. The quantitative estimate of drug-likeness (QED) is 0.433. The summed E-state index contributed by atoms with van der Waals surface area (Å²) in [5.74, 6) is 0.550. The largest absolute Gasteiger partial charge is 0.480 e. The van der Waals surface area contributed by atoms with Gasteiger partial charge < -0.3 is 25.2 Å². The summed E-state index contributed by atoms with van der Waals surface area (Å²) >= 11 is 0. The van der Waals surface area contributed by atoms with E-state index in [0.717, 1.165) is 62.1 Å². The summed E-state index contributed by atoms with van der Waals surface area (Å²) in [5, 5.41) is 15.3. The molecule has 0 spiro atoms. The zero-order valence-electron chi connectivity index (χ0n) is 20.2. The van der Waals surface area contributed by atoms with Crippen molar-refractivity contribution in [2.45, 2.75) is 70.1 Å². The number of fused-ring (bicyclic) bond motifs is 1. The number of anilines is 1. The number of rotatable bonds is 11. The van der Waals surface area contributed by atoms with Crippen molar-refractivity contribution >= 4 is 17.9 Å². The highest BCUT2D eigenvalue weighted by Gasteiger charge is 2.30. The van der Waals surface area contributed by atoms with Crippen LogP contribution in [0.15, 0.2) is 42.5 Å².